The van der Waals surface area contributed by atoms with Gasteiger partial charge in [0.25, 0.3) is 0 Å². The highest BCUT2D eigenvalue weighted by Crippen LogP contribution is 2.13. The molecule has 5 heteroatoms. The van der Waals surface area contributed by atoms with E-state index in [2.05, 4.69) is 20.8 Å². The van der Waals surface area contributed by atoms with Crippen LogP contribution in [0.25, 0.3) is 0 Å². The fraction of sp³-hybridized carbons (Fsp3) is 0.500. The molecule has 0 atom stereocenters. The summed E-state index contributed by atoms with van der Waals surface area (Å²) in [5.74, 6) is 1.76. The van der Waals surface area contributed by atoms with Crippen molar-refractivity contribution < 1.29 is 9.00 Å². The summed E-state index contributed by atoms with van der Waals surface area (Å²) in [6, 6.07) is 7.51. The Balaban J connectivity index is 1.72. The van der Waals surface area contributed by atoms with E-state index in [1.165, 1.54) is 0 Å². The Kier molecular flexibility index (Phi) is 5.73. The minimum absolute atomic E-state index is 0.202. The van der Waals surface area contributed by atoms with Gasteiger partial charge in [0.1, 0.15) is 0 Å². The molecule has 1 saturated heterocycles. The minimum atomic E-state index is -0.620. The van der Waals surface area contributed by atoms with Crippen LogP contribution in [0.4, 0.5) is 0 Å². The largest absolute Gasteiger partial charge is 0.301 e. The lowest BCUT2D eigenvalue weighted by atomic mass is 10.1. The number of rotatable bonds is 5. The molecular formula is C14H18BrNO2S. The average molecular weight is 344 g/mol. The highest BCUT2D eigenvalue weighted by molar-refractivity contribution is 9.10. The van der Waals surface area contributed by atoms with Crippen LogP contribution in [0.2, 0.25) is 0 Å². The number of nitrogens with zero attached hydrogens (tertiary/aromatic N) is 1. The van der Waals surface area contributed by atoms with Gasteiger partial charge in [0, 0.05) is 51.9 Å². The van der Waals surface area contributed by atoms with Gasteiger partial charge in [-0.15, -0.1) is 0 Å². The highest BCUT2D eigenvalue weighted by Gasteiger charge is 2.15. The first kappa shape index (κ1) is 14.9. The van der Waals surface area contributed by atoms with Crippen molar-refractivity contribution in [3.63, 3.8) is 0 Å². The Morgan fingerprint density at radius 2 is 1.84 bits per heavy atom. The molecule has 1 aliphatic heterocycles. The zero-order valence-electron chi connectivity index (χ0n) is 10.8. The maximum absolute atomic E-state index is 12.0. The summed E-state index contributed by atoms with van der Waals surface area (Å²) in [6.07, 6.45) is 1.46. The second kappa shape index (κ2) is 7.31. The predicted octanol–water partition coefficient (Wildman–Crippen LogP) is 2.48. The molecule has 0 radical (unpaired) electrons. The number of ketones is 1. The molecule has 0 bridgehead atoms. The molecule has 1 heterocycles. The molecule has 0 aliphatic carbocycles. The molecule has 104 valence electrons. The molecule has 0 unspecified atom stereocenters. The summed E-state index contributed by atoms with van der Waals surface area (Å²) in [4.78, 5) is 14.3. The van der Waals surface area contributed by atoms with Crippen molar-refractivity contribution in [2.45, 2.75) is 12.8 Å². The van der Waals surface area contributed by atoms with Crippen molar-refractivity contribution in [1.82, 2.24) is 4.90 Å². The third-order valence-corrected chi connectivity index (χ3v) is 5.12. The van der Waals surface area contributed by atoms with Crippen LogP contribution in [0.15, 0.2) is 28.7 Å². The molecule has 0 N–H and O–H groups in total. The summed E-state index contributed by atoms with van der Waals surface area (Å²) in [5, 5.41) is 0. The van der Waals surface area contributed by atoms with E-state index in [4.69, 9.17) is 0 Å². The lowest BCUT2D eigenvalue weighted by Crippen LogP contribution is -2.38. The van der Waals surface area contributed by atoms with Gasteiger partial charge in [-0.25, -0.2) is 0 Å². The van der Waals surface area contributed by atoms with Crippen molar-refractivity contribution in [2.75, 3.05) is 31.1 Å². The number of hydrogen-bond acceptors (Lipinski definition) is 3. The number of hydrogen-bond donors (Lipinski definition) is 0. The molecule has 1 aromatic rings. The fourth-order valence-corrected chi connectivity index (χ4v) is 3.53. The van der Waals surface area contributed by atoms with Gasteiger partial charge in [0.15, 0.2) is 5.78 Å². The Bertz CT molecular complexity index is 451. The summed E-state index contributed by atoms with van der Waals surface area (Å²) in [5.41, 5.74) is 0.781. The van der Waals surface area contributed by atoms with E-state index >= 15 is 0 Å². The molecule has 2 rings (SSSR count). The quantitative estimate of drug-likeness (QED) is 0.770. The molecule has 1 aromatic carbocycles. The summed E-state index contributed by atoms with van der Waals surface area (Å²) in [6.45, 7) is 2.73. The first-order valence-corrected chi connectivity index (χ1v) is 8.79. The smallest absolute Gasteiger partial charge is 0.162 e. The molecule has 0 spiro atoms. The van der Waals surface area contributed by atoms with E-state index in [0.29, 0.717) is 6.42 Å². The van der Waals surface area contributed by atoms with Crippen LogP contribution in [0.3, 0.4) is 0 Å². The second-order valence-electron chi connectivity index (χ2n) is 4.72. The van der Waals surface area contributed by atoms with Crippen LogP contribution in [-0.2, 0) is 10.8 Å². The molecule has 1 fully saturated rings. The van der Waals surface area contributed by atoms with Gasteiger partial charge in [0.05, 0.1) is 0 Å². The van der Waals surface area contributed by atoms with Gasteiger partial charge in [0.2, 0.25) is 0 Å². The Morgan fingerprint density at radius 3 is 2.47 bits per heavy atom. The topological polar surface area (TPSA) is 37.4 Å². The van der Waals surface area contributed by atoms with E-state index in [1.807, 2.05) is 24.3 Å². The fourth-order valence-electron chi connectivity index (χ4n) is 2.14. The van der Waals surface area contributed by atoms with Crippen LogP contribution in [-0.4, -0.2) is 46.0 Å². The van der Waals surface area contributed by atoms with Gasteiger partial charge in [-0.3, -0.25) is 9.00 Å². The van der Waals surface area contributed by atoms with Crippen LogP contribution in [0, 0.1) is 0 Å². The number of Topliss-reactive ketones (excluding diaryl/α,β-unsaturated/α-hetero) is 1. The van der Waals surface area contributed by atoms with Gasteiger partial charge in [-0.1, -0.05) is 28.1 Å². The maximum atomic E-state index is 12.0. The van der Waals surface area contributed by atoms with Gasteiger partial charge < -0.3 is 4.90 Å². The second-order valence-corrected chi connectivity index (χ2v) is 7.34. The Labute approximate surface area is 125 Å². The first-order valence-electron chi connectivity index (χ1n) is 6.51. The van der Waals surface area contributed by atoms with Crippen LogP contribution < -0.4 is 0 Å². The van der Waals surface area contributed by atoms with E-state index < -0.39 is 10.8 Å². The summed E-state index contributed by atoms with van der Waals surface area (Å²) < 4.78 is 12.2. The Morgan fingerprint density at radius 1 is 1.21 bits per heavy atom. The third kappa shape index (κ3) is 4.82. The maximum Gasteiger partial charge on any atom is 0.162 e. The van der Waals surface area contributed by atoms with E-state index in [0.717, 1.165) is 47.6 Å². The highest BCUT2D eigenvalue weighted by atomic mass is 79.9. The SMILES string of the molecule is O=C(CCCN1CCS(=O)CC1)c1ccc(Br)cc1. The monoisotopic (exact) mass is 343 g/mol. The molecule has 0 amide bonds. The molecular weight excluding hydrogens is 326 g/mol. The van der Waals surface area contributed by atoms with E-state index in [1.54, 1.807) is 0 Å². The molecule has 1 aliphatic rings. The molecule has 0 aromatic heterocycles. The third-order valence-electron chi connectivity index (χ3n) is 3.31. The van der Waals surface area contributed by atoms with Crippen LogP contribution >= 0.6 is 15.9 Å². The molecule has 19 heavy (non-hydrogen) atoms. The normalized spacial score (nSPS) is 17.5. The van der Waals surface area contributed by atoms with E-state index in [9.17, 15) is 9.00 Å². The lowest BCUT2D eigenvalue weighted by molar-refractivity contribution is 0.0975. The standard InChI is InChI=1S/C14H18BrNO2S/c15-13-5-3-12(4-6-13)14(17)2-1-7-16-8-10-19(18)11-9-16/h3-6H,1-2,7-11H2. The van der Waals surface area contributed by atoms with Crippen molar-refractivity contribution in [1.29, 1.82) is 0 Å². The van der Waals surface area contributed by atoms with E-state index in [-0.39, 0.29) is 5.78 Å². The van der Waals surface area contributed by atoms with Crippen LogP contribution in [0.1, 0.15) is 23.2 Å². The van der Waals surface area contributed by atoms with Gasteiger partial charge in [-0.2, -0.15) is 0 Å². The number of carbonyl (C=O) groups is 1. The summed E-state index contributed by atoms with van der Waals surface area (Å²) in [7, 11) is -0.620. The van der Waals surface area contributed by atoms with Gasteiger partial charge in [-0.05, 0) is 25.1 Å². The average Bonchev–Trinajstić information content (AvgIpc) is 2.41. The van der Waals surface area contributed by atoms with Crippen molar-refractivity contribution >= 4 is 32.5 Å². The van der Waals surface area contributed by atoms with Crippen LogP contribution in [0.5, 0.6) is 0 Å². The van der Waals surface area contributed by atoms with Gasteiger partial charge >= 0.3 is 0 Å². The van der Waals surface area contributed by atoms with Crippen molar-refractivity contribution in [3.05, 3.63) is 34.3 Å². The van der Waals surface area contributed by atoms with Crippen molar-refractivity contribution in [3.8, 4) is 0 Å². The Hall–Kier alpha value is -0.520. The molecule has 3 nitrogen and oxygen atoms in total. The number of benzene rings is 1. The number of carbonyl (C=O) groups excluding carboxylic acids is 1. The van der Waals surface area contributed by atoms with Crippen molar-refractivity contribution in [2.24, 2.45) is 0 Å². The zero-order chi connectivity index (χ0) is 13.7. The predicted molar refractivity (Wildman–Crippen MR) is 82.0 cm³/mol. The zero-order valence-corrected chi connectivity index (χ0v) is 13.2. The first-order chi connectivity index (χ1) is 9.15. The number of halogens is 1. The summed E-state index contributed by atoms with van der Waals surface area (Å²) >= 11 is 3.36. The minimum Gasteiger partial charge on any atom is -0.301 e. The lowest BCUT2D eigenvalue weighted by Gasteiger charge is -2.25. The molecule has 0 saturated carbocycles.